The topological polar surface area (TPSA) is 51.5 Å². The number of hydrogen-bond donors (Lipinski definition) is 1. The molecule has 2 aromatic carbocycles. The molecule has 0 aliphatic carbocycles. The summed E-state index contributed by atoms with van der Waals surface area (Å²) >= 11 is 0. The molecule has 0 fully saturated rings. The van der Waals surface area contributed by atoms with E-state index < -0.39 is 0 Å². The zero-order chi connectivity index (χ0) is 15.7. The van der Waals surface area contributed by atoms with E-state index in [0.717, 1.165) is 28.0 Å². The zero-order valence-electron chi connectivity index (χ0n) is 12.8. The average molecular weight is 295 g/mol. The van der Waals surface area contributed by atoms with Gasteiger partial charge in [-0.3, -0.25) is 4.79 Å². The molecule has 0 radical (unpaired) electrons. The van der Waals surface area contributed by atoms with Crippen molar-refractivity contribution in [2.45, 2.75) is 13.8 Å². The highest BCUT2D eigenvalue weighted by atomic mass is 16.5. The van der Waals surface area contributed by atoms with E-state index in [-0.39, 0.29) is 5.91 Å². The van der Waals surface area contributed by atoms with E-state index in [9.17, 15) is 4.79 Å². The monoisotopic (exact) mass is 295 g/mol. The molecule has 4 heteroatoms. The number of furan rings is 1. The van der Waals surface area contributed by atoms with E-state index in [4.69, 9.17) is 9.15 Å². The number of rotatable bonds is 3. The first-order valence-corrected chi connectivity index (χ1v) is 7.04. The van der Waals surface area contributed by atoms with E-state index in [1.807, 2.05) is 56.3 Å². The number of methoxy groups -OCH3 is 1. The average Bonchev–Trinajstić information content (AvgIpc) is 2.86. The lowest BCUT2D eigenvalue weighted by Gasteiger charge is -2.06. The second-order valence-electron chi connectivity index (χ2n) is 5.19. The van der Waals surface area contributed by atoms with Crippen molar-refractivity contribution in [1.29, 1.82) is 0 Å². The number of para-hydroxylation sites is 1. The fourth-order valence-corrected chi connectivity index (χ4v) is 2.44. The summed E-state index contributed by atoms with van der Waals surface area (Å²) in [5, 5.41) is 3.78. The van der Waals surface area contributed by atoms with Crippen molar-refractivity contribution in [2.75, 3.05) is 12.4 Å². The van der Waals surface area contributed by atoms with Crippen LogP contribution in [0.1, 0.15) is 21.7 Å². The first-order chi connectivity index (χ1) is 10.6. The van der Waals surface area contributed by atoms with Crippen LogP contribution in [-0.2, 0) is 0 Å². The Morgan fingerprint density at radius 2 is 1.91 bits per heavy atom. The van der Waals surface area contributed by atoms with Gasteiger partial charge in [-0.15, -0.1) is 0 Å². The van der Waals surface area contributed by atoms with Crippen LogP contribution in [0, 0.1) is 13.8 Å². The van der Waals surface area contributed by atoms with Crippen molar-refractivity contribution in [3.8, 4) is 5.75 Å². The lowest BCUT2D eigenvalue weighted by atomic mass is 10.1. The molecule has 0 saturated carbocycles. The summed E-state index contributed by atoms with van der Waals surface area (Å²) in [5.41, 5.74) is 3.27. The van der Waals surface area contributed by atoms with Gasteiger partial charge in [-0.05, 0) is 43.7 Å². The quantitative estimate of drug-likeness (QED) is 0.783. The SMILES string of the molecule is COc1ccc2oc(C(=O)Nc3ccccc3C)c(C)c2c1. The third-order valence-corrected chi connectivity index (χ3v) is 3.74. The van der Waals surface area contributed by atoms with Gasteiger partial charge in [-0.2, -0.15) is 0 Å². The Balaban J connectivity index is 1.97. The molecule has 1 N–H and O–H groups in total. The number of benzene rings is 2. The standard InChI is InChI=1S/C18H17NO3/c1-11-6-4-5-7-15(11)19-18(20)17-12(2)14-10-13(21-3)8-9-16(14)22-17/h4-10H,1-3H3,(H,19,20). The third kappa shape index (κ3) is 2.44. The van der Waals surface area contributed by atoms with Crippen molar-refractivity contribution in [2.24, 2.45) is 0 Å². The predicted molar refractivity (Wildman–Crippen MR) is 86.6 cm³/mol. The largest absolute Gasteiger partial charge is 0.497 e. The molecular formula is C18H17NO3. The van der Waals surface area contributed by atoms with E-state index in [1.54, 1.807) is 7.11 Å². The molecular weight excluding hydrogens is 278 g/mol. The Hall–Kier alpha value is -2.75. The lowest BCUT2D eigenvalue weighted by molar-refractivity contribution is 0.0998. The van der Waals surface area contributed by atoms with Gasteiger partial charge in [-0.1, -0.05) is 18.2 Å². The maximum Gasteiger partial charge on any atom is 0.291 e. The molecule has 1 heterocycles. The molecule has 3 rings (SSSR count). The van der Waals surface area contributed by atoms with Crippen LogP contribution < -0.4 is 10.1 Å². The zero-order valence-corrected chi connectivity index (χ0v) is 12.8. The minimum atomic E-state index is -0.248. The van der Waals surface area contributed by atoms with Crippen LogP contribution >= 0.6 is 0 Å². The number of fused-ring (bicyclic) bond motifs is 1. The van der Waals surface area contributed by atoms with Crippen LogP contribution in [-0.4, -0.2) is 13.0 Å². The molecule has 0 bridgehead atoms. The van der Waals surface area contributed by atoms with Crippen molar-refractivity contribution in [3.05, 3.63) is 59.4 Å². The molecule has 1 amide bonds. The van der Waals surface area contributed by atoms with Crippen molar-refractivity contribution in [1.82, 2.24) is 0 Å². The molecule has 3 aromatic rings. The third-order valence-electron chi connectivity index (χ3n) is 3.74. The number of ether oxygens (including phenoxy) is 1. The minimum absolute atomic E-state index is 0.248. The molecule has 0 saturated heterocycles. The van der Waals surface area contributed by atoms with Crippen LogP contribution in [0.5, 0.6) is 5.75 Å². The lowest BCUT2D eigenvalue weighted by Crippen LogP contribution is -2.12. The number of carbonyl (C=O) groups is 1. The van der Waals surface area contributed by atoms with Gasteiger partial charge in [0, 0.05) is 16.6 Å². The summed E-state index contributed by atoms with van der Waals surface area (Å²) in [6.07, 6.45) is 0. The van der Waals surface area contributed by atoms with Crippen LogP contribution in [0.25, 0.3) is 11.0 Å². The Bertz CT molecular complexity index is 849. The highest BCUT2D eigenvalue weighted by molar-refractivity contribution is 6.06. The van der Waals surface area contributed by atoms with Crippen molar-refractivity contribution < 1.29 is 13.9 Å². The fourth-order valence-electron chi connectivity index (χ4n) is 2.44. The number of hydrogen-bond acceptors (Lipinski definition) is 3. The van der Waals surface area contributed by atoms with Crippen LogP contribution in [0.4, 0.5) is 5.69 Å². The van der Waals surface area contributed by atoms with Gasteiger partial charge >= 0.3 is 0 Å². The fraction of sp³-hybridized carbons (Fsp3) is 0.167. The van der Waals surface area contributed by atoms with Crippen molar-refractivity contribution in [3.63, 3.8) is 0 Å². The van der Waals surface area contributed by atoms with Gasteiger partial charge < -0.3 is 14.5 Å². The summed E-state index contributed by atoms with van der Waals surface area (Å²) in [6.45, 7) is 3.82. The Morgan fingerprint density at radius 1 is 1.14 bits per heavy atom. The van der Waals surface area contributed by atoms with Gasteiger partial charge in [0.15, 0.2) is 5.76 Å². The number of nitrogens with one attached hydrogen (secondary N) is 1. The minimum Gasteiger partial charge on any atom is -0.497 e. The maximum atomic E-state index is 12.5. The second kappa shape index (κ2) is 5.56. The predicted octanol–water partition coefficient (Wildman–Crippen LogP) is 4.31. The Kier molecular flexibility index (Phi) is 3.59. The first kappa shape index (κ1) is 14.2. The Labute approximate surface area is 128 Å². The van der Waals surface area contributed by atoms with E-state index in [0.29, 0.717) is 11.3 Å². The van der Waals surface area contributed by atoms with Crippen LogP contribution in [0.15, 0.2) is 46.9 Å². The molecule has 22 heavy (non-hydrogen) atoms. The van der Waals surface area contributed by atoms with Gasteiger partial charge in [0.2, 0.25) is 0 Å². The van der Waals surface area contributed by atoms with Crippen LogP contribution in [0.3, 0.4) is 0 Å². The summed E-state index contributed by atoms with van der Waals surface area (Å²) < 4.78 is 10.9. The normalized spacial score (nSPS) is 10.7. The Morgan fingerprint density at radius 3 is 2.64 bits per heavy atom. The summed E-state index contributed by atoms with van der Waals surface area (Å²) in [5.74, 6) is 0.815. The highest BCUT2D eigenvalue weighted by Gasteiger charge is 2.18. The molecule has 0 aliphatic rings. The number of carbonyl (C=O) groups excluding carboxylic acids is 1. The summed E-state index contributed by atoms with van der Waals surface area (Å²) in [6, 6.07) is 13.1. The maximum absolute atomic E-state index is 12.5. The molecule has 0 spiro atoms. The number of anilines is 1. The van der Waals surface area contributed by atoms with E-state index in [2.05, 4.69) is 5.32 Å². The van der Waals surface area contributed by atoms with Gasteiger partial charge in [0.25, 0.3) is 5.91 Å². The number of aryl methyl sites for hydroxylation is 2. The highest BCUT2D eigenvalue weighted by Crippen LogP contribution is 2.29. The van der Waals surface area contributed by atoms with Gasteiger partial charge in [0.05, 0.1) is 7.11 Å². The summed E-state index contributed by atoms with van der Waals surface area (Å²) in [7, 11) is 1.61. The molecule has 0 unspecified atom stereocenters. The number of amides is 1. The second-order valence-corrected chi connectivity index (χ2v) is 5.19. The molecule has 1 aromatic heterocycles. The molecule has 112 valence electrons. The first-order valence-electron chi connectivity index (χ1n) is 7.04. The van der Waals surface area contributed by atoms with E-state index in [1.165, 1.54) is 0 Å². The van der Waals surface area contributed by atoms with Gasteiger partial charge in [0.1, 0.15) is 11.3 Å². The molecule has 4 nitrogen and oxygen atoms in total. The van der Waals surface area contributed by atoms with Crippen molar-refractivity contribution >= 4 is 22.6 Å². The van der Waals surface area contributed by atoms with Crippen LogP contribution in [0.2, 0.25) is 0 Å². The molecule has 0 atom stereocenters. The van der Waals surface area contributed by atoms with E-state index >= 15 is 0 Å². The summed E-state index contributed by atoms with van der Waals surface area (Å²) in [4.78, 5) is 12.5. The molecule has 0 aliphatic heterocycles. The van der Waals surface area contributed by atoms with Gasteiger partial charge in [-0.25, -0.2) is 0 Å². The smallest absolute Gasteiger partial charge is 0.291 e.